The van der Waals surface area contributed by atoms with Crippen molar-refractivity contribution in [3.05, 3.63) is 68.6 Å². The molecule has 1 heterocycles. The minimum absolute atomic E-state index is 0.106. The number of hydrogen-bond donors (Lipinski definition) is 1. The molecule has 1 aromatic carbocycles. The Morgan fingerprint density at radius 3 is 2.42 bits per heavy atom. The number of amides is 1. The third-order valence-electron chi connectivity index (χ3n) is 3.95. The van der Waals surface area contributed by atoms with Crippen LogP contribution in [0.3, 0.4) is 0 Å². The van der Waals surface area contributed by atoms with Crippen LogP contribution in [0.15, 0.2) is 47.4 Å². The Labute approximate surface area is 150 Å². The molecule has 0 radical (unpaired) electrons. The lowest BCUT2D eigenvalue weighted by molar-refractivity contribution is -0.385. The minimum Gasteiger partial charge on any atom is -0.497 e. The van der Waals surface area contributed by atoms with Crippen LogP contribution in [-0.4, -0.2) is 22.5 Å². The lowest BCUT2D eigenvalue weighted by Gasteiger charge is -2.23. The monoisotopic (exact) mass is 359 g/mol. The number of pyridine rings is 1. The first-order valence-electron chi connectivity index (χ1n) is 8.10. The fraction of sp³-hybridized carbons (Fsp3) is 0.333. The Hall–Kier alpha value is -3.16. The number of benzene rings is 1. The van der Waals surface area contributed by atoms with E-state index in [4.69, 9.17) is 4.74 Å². The van der Waals surface area contributed by atoms with Crippen molar-refractivity contribution in [3.63, 3.8) is 0 Å². The van der Waals surface area contributed by atoms with E-state index < -0.39 is 16.4 Å². The molecule has 2 aromatic rings. The van der Waals surface area contributed by atoms with Crippen molar-refractivity contribution < 1.29 is 14.5 Å². The average molecular weight is 359 g/mol. The van der Waals surface area contributed by atoms with E-state index >= 15 is 0 Å². The highest BCUT2D eigenvalue weighted by Gasteiger charge is 2.19. The second kappa shape index (κ2) is 8.28. The number of nitrogens with one attached hydrogen (secondary N) is 1. The average Bonchev–Trinajstić information content (AvgIpc) is 2.61. The second-order valence-electron chi connectivity index (χ2n) is 6.17. The van der Waals surface area contributed by atoms with Crippen LogP contribution < -0.4 is 15.6 Å². The number of methoxy groups -OCH3 is 1. The van der Waals surface area contributed by atoms with Gasteiger partial charge in [0.15, 0.2) is 0 Å². The molecule has 0 fully saturated rings. The smallest absolute Gasteiger partial charge is 0.285 e. The summed E-state index contributed by atoms with van der Waals surface area (Å²) in [6.07, 6.45) is 1.07. The number of carbonyl (C=O) groups excluding carboxylic acids is 1. The van der Waals surface area contributed by atoms with E-state index in [-0.39, 0.29) is 24.2 Å². The molecule has 1 amide bonds. The first kappa shape index (κ1) is 19.2. The van der Waals surface area contributed by atoms with Crippen molar-refractivity contribution in [1.29, 1.82) is 0 Å². The molecule has 1 aromatic heterocycles. The molecule has 1 N–H and O–H groups in total. The maximum Gasteiger partial charge on any atom is 0.285 e. The highest BCUT2D eigenvalue weighted by molar-refractivity contribution is 5.76. The lowest BCUT2D eigenvalue weighted by atomic mass is 9.96. The molecule has 0 saturated heterocycles. The quantitative estimate of drug-likeness (QED) is 0.603. The zero-order valence-corrected chi connectivity index (χ0v) is 14.8. The van der Waals surface area contributed by atoms with Gasteiger partial charge in [0.2, 0.25) is 5.91 Å². The topological polar surface area (TPSA) is 103 Å². The van der Waals surface area contributed by atoms with Crippen LogP contribution in [0.2, 0.25) is 0 Å². The number of ether oxygens (including phenoxy) is 1. The normalized spacial score (nSPS) is 11.8. The Morgan fingerprint density at radius 1 is 1.23 bits per heavy atom. The number of carbonyl (C=O) groups is 1. The van der Waals surface area contributed by atoms with Gasteiger partial charge in [-0.1, -0.05) is 26.0 Å². The number of nitrogens with zero attached hydrogens (tertiary/aromatic N) is 2. The summed E-state index contributed by atoms with van der Waals surface area (Å²) in [5.41, 5.74) is 0.185. The molecule has 0 spiro atoms. The molecule has 0 aliphatic rings. The standard InChI is InChI=1S/C18H21N3O5/c1-12(2)18(13-4-7-15(26-3)8-5-13)19-16(22)11-20-10-14(21(24)25)6-9-17(20)23/h4-10,12,18H,11H2,1-3H3,(H,19,22). The zero-order chi connectivity index (χ0) is 19.3. The first-order chi connectivity index (χ1) is 12.3. The van der Waals surface area contributed by atoms with Gasteiger partial charge in [0, 0.05) is 12.1 Å². The molecular formula is C18H21N3O5. The van der Waals surface area contributed by atoms with Crippen molar-refractivity contribution in [3.8, 4) is 5.75 Å². The summed E-state index contributed by atoms with van der Waals surface area (Å²) in [5.74, 6) is 0.419. The summed E-state index contributed by atoms with van der Waals surface area (Å²) in [5, 5.41) is 13.7. The van der Waals surface area contributed by atoms with Crippen LogP contribution >= 0.6 is 0 Å². The van der Waals surface area contributed by atoms with E-state index in [0.717, 1.165) is 28.5 Å². The second-order valence-corrected chi connectivity index (χ2v) is 6.17. The summed E-state index contributed by atoms with van der Waals surface area (Å²) in [4.78, 5) is 34.5. The fourth-order valence-electron chi connectivity index (χ4n) is 2.57. The highest BCUT2D eigenvalue weighted by atomic mass is 16.6. The van der Waals surface area contributed by atoms with Gasteiger partial charge in [0.25, 0.3) is 11.2 Å². The van der Waals surface area contributed by atoms with Gasteiger partial charge in [-0.2, -0.15) is 0 Å². The van der Waals surface area contributed by atoms with Crippen molar-refractivity contribution in [2.24, 2.45) is 5.92 Å². The van der Waals surface area contributed by atoms with Crippen molar-refractivity contribution in [2.75, 3.05) is 7.11 Å². The summed E-state index contributed by atoms with van der Waals surface area (Å²) in [7, 11) is 1.58. The van der Waals surface area contributed by atoms with Crippen LogP contribution in [0.25, 0.3) is 0 Å². The van der Waals surface area contributed by atoms with E-state index in [1.165, 1.54) is 0 Å². The predicted molar refractivity (Wildman–Crippen MR) is 96.1 cm³/mol. The molecule has 0 aliphatic carbocycles. The Morgan fingerprint density at radius 2 is 1.88 bits per heavy atom. The van der Waals surface area contributed by atoms with Crippen LogP contribution in [0.4, 0.5) is 5.69 Å². The van der Waals surface area contributed by atoms with Gasteiger partial charge in [-0.25, -0.2) is 0 Å². The molecular weight excluding hydrogens is 338 g/mol. The van der Waals surface area contributed by atoms with Gasteiger partial charge in [-0.3, -0.25) is 24.3 Å². The number of nitro groups is 1. The fourth-order valence-corrected chi connectivity index (χ4v) is 2.57. The summed E-state index contributed by atoms with van der Waals surface area (Å²) in [6, 6.07) is 9.28. The number of aromatic nitrogens is 1. The van der Waals surface area contributed by atoms with Gasteiger partial charge in [-0.05, 0) is 23.6 Å². The molecule has 26 heavy (non-hydrogen) atoms. The van der Waals surface area contributed by atoms with Crippen LogP contribution in [0, 0.1) is 16.0 Å². The molecule has 138 valence electrons. The molecule has 1 atom stereocenters. The SMILES string of the molecule is COc1ccc(C(NC(=O)Cn2cc([N+](=O)[O-])ccc2=O)C(C)C)cc1. The minimum atomic E-state index is -0.609. The molecule has 0 bridgehead atoms. The van der Waals surface area contributed by atoms with Crippen LogP contribution in [-0.2, 0) is 11.3 Å². The van der Waals surface area contributed by atoms with Crippen LogP contribution in [0.1, 0.15) is 25.5 Å². The summed E-state index contributed by atoms with van der Waals surface area (Å²) >= 11 is 0. The third-order valence-corrected chi connectivity index (χ3v) is 3.95. The molecule has 2 rings (SSSR count). The highest BCUT2D eigenvalue weighted by Crippen LogP contribution is 2.23. The largest absolute Gasteiger partial charge is 0.497 e. The van der Waals surface area contributed by atoms with E-state index in [1.807, 2.05) is 38.1 Å². The van der Waals surface area contributed by atoms with Gasteiger partial charge < -0.3 is 10.1 Å². The number of hydrogen-bond acceptors (Lipinski definition) is 5. The maximum absolute atomic E-state index is 12.4. The predicted octanol–water partition coefficient (Wildman–Crippen LogP) is 2.28. The zero-order valence-electron chi connectivity index (χ0n) is 14.8. The Bertz CT molecular complexity index is 843. The van der Waals surface area contributed by atoms with Crippen molar-refractivity contribution >= 4 is 11.6 Å². The maximum atomic E-state index is 12.4. The Balaban J connectivity index is 2.16. The van der Waals surface area contributed by atoms with Crippen molar-refractivity contribution in [1.82, 2.24) is 9.88 Å². The Kier molecular flexibility index (Phi) is 6.11. The van der Waals surface area contributed by atoms with E-state index in [0.29, 0.717) is 5.75 Å². The molecule has 0 saturated carbocycles. The summed E-state index contributed by atoms with van der Waals surface area (Å²) in [6.45, 7) is 3.64. The van der Waals surface area contributed by atoms with Gasteiger partial charge in [0.1, 0.15) is 12.3 Å². The summed E-state index contributed by atoms with van der Waals surface area (Å²) < 4.78 is 6.16. The molecule has 1 unspecified atom stereocenters. The first-order valence-corrected chi connectivity index (χ1v) is 8.10. The number of rotatable bonds is 7. The lowest BCUT2D eigenvalue weighted by Crippen LogP contribution is -2.36. The van der Waals surface area contributed by atoms with E-state index in [9.17, 15) is 19.7 Å². The third kappa shape index (κ3) is 4.69. The van der Waals surface area contributed by atoms with Crippen molar-refractivity contribution in [2.45, 2.75) is 26.4 Å². The molecule has 8 heteroatoms. The van der Waals surface area contributed by atoms with Gasteiger partial charge in [0.05, 0.1) is 24.3 Å². The van der Waals surface area contributed by atoms with Crippen LogP contribution in [0.5, 0.6) is 5.75 Å². The molecule has 0 aliphatic heterocycles. The van der Waals surface area contributed by atoms with Gasteiger partial charge >= 0.3 is 0 Å². The van der Waals surface area contributed by atoms with E-state index in [2.05, 4.69) is 5.32 Å². The van der Waals surface area contributed by atoms with E-state index in [1.54, 1.807) is 7.11 Å². The molecule has 8 nitrogen and oxygen atoms in total. The van der Waals surface area contributed by atoms with Gasteiger partial charge in [-0.15, -0.1) is 0 Å².